The highest BCUT2D eigenvalue weighted by Crippen LogP contribution is 2.16. The van der Waals surface area contributed by atoms with Gasteiger partial charge < -0.3 is 10.2 Å². The summed E-state index contributed by atoms with van der Waals surface area (Å²) in [6, 6.07) is 4.48. The van der Waals surface area contributed by atoms with Crippen molar-refractivity contribution in [1.29, 1.82) is 0 Å². The summed E-state index contributed by atoms with van der Waals surface area (Å²) in [6.45, 7) is 8.70. The molecule has 5 nitrogen and oxygen atoms in total. The van der Waals surface area contributed by atoms with Gasteiger partial charge in [0.2, 0.25) is 0 Å². The van der Waals surface area contributed by atoms with Crippen molar-refractivity contribution >= 4 is 11.7 Å². The van der Waals surface area contributed by atoms with Gasteiger partial charge in [-0.3, -0.25) is 9.69 Å². The third-order valence-corrected chi connectivity index (χ3v) is 4.02. The molecule has 1 aliphatic heterocycles. The Hall–Kier alpha value is -1.62. The lowest BCUT2D eigenvalue weighted by molar-refractivity contribution is 0.0414. The molecule has 0 radical (unpaired) electrons. The molecule has 1 aromatic heterocycles. The zero-order valence-electron chi connectivity index (χ0n) is 12.8. The molecule has 1 N–H and O–H groups in total. The number of hydrogen-bond acceptors (Lipinski definition) is 4. The highest BCUT2D eigenvalue weighted by atomic mass is 16.2. The first kappa shape index (κ1) is 14.8. The number of carbonyl (C=O) groups is 1. The normalized spacial score (nSPS) is 23.7. The van der Waals surface area contributed by atoms with Gasteiger partial charge in [0.25, 0.3) is 5.91 Å². The van der Waals surface area contributed by atoms with Crippen LogP contribution >= 0.6 is 0 Å². The van der Waals surface area contributed by atoms with E-state index in [0.29, 0.717) is 17.6 Å². The van der Waals surface area contributed by atoms with Crippen LogP contribution in [0, 0.1) is 0 Å². The third-order valence-electron chi connectivity index (χ3n) is 4.02. The Bertz CT molecular complexity index is 447. The predicted octanol–water partition coefficient (Wildman–Crippen LogP) is 1.68. The number of rotatable bonds is 3. The van der Waals surface area contributed by atoms with E-state index >= 15 is 0 Å². The van der Waals surface area contributed by atoms with Crippen LogP contribution in [-0.2, 0) is 0 Å². The van der Waals surface area contributed by atoms with Crippen molar-refractivity contribution in [3.8, 4) is 0 Å². The van der Waals surface area contributed by atoms with Gasteiger partial charge in [0.15, 0.2) is 0 Å². The van der Waals surface area contributed by atoms with Gasteiger partial charge in [-0.2, -0.15) is 0 Å². The molecule has 1 saturated heterocycles. The minimum absolute atomic E-state index is 0.0762. The minimum atomic E-state index is 0.0762. The molecule has 5 heteroatoms. The van der Waals surface area contributed by atoms with Crippen LogP contribution in [0.4, 0.5) is 5.82 Å². The maximum absolute atomic E-state index is 12.5. The number of aromatic nitrogens is 1. The molecule has 2 unspecified atom stereocenters. The summed E-state index contributed by atoms with van der Waals surface area (Å²) in [4.78, 5) is 21.0. The second-order valence-corrected chi connectivity index (χ2v) is 5.54. The highest BCUT2D eigenvalue weighted by molar-refractivity contribution is 5.94. The zero-order chi connectivity index (χ0) is 14.7. The summed E-state index contributed by atoms with van der Waals surface area (Å²) in [7, 11) is 2.11. The van der Waals surface area contributed by atoms with Crippen LogP contribution < -0.4 is 5.32 Å². The lowest BCUT2D eigenvalue weighted by Gasteiger charge is -2.42. The van der Waals surface area contributed by atoms with Crippen LogP contribution in [0.5, 0.6) is 0 Å². The standard InChI is InChI=1S/C15H24N4O/c1-5-16-14-7-6-13(8-17-14)15(20)19-9-11(2)18(4)12(3)10-19/h6-8,11-12H,5,9-10H2,1-4H3,(H,16,17). The van der Waals surface area contributed by atoms with Crippen molar-refractivity contribution in [1.82, 2.24) is 14.8 Å². The minimum Gasteiger partial charge on any atom is -0.370 e. The summed E-state index contributed by atoms with van der Waals surface area (Å²) in [5.41, 5.74) is 0.663. The monoisotopic (exact) mass is 276 g/mol. The van der Waals surface area contributed by atoms with Crippen molar-refractivity contribution in [2.24, 2.45) is 0 Å². The molecule has 110 valence electrons. The molecule has 0 saturated carbocycles. The van der Waals surface area contributed by atoms with Gasteiger partial charge in [0.05, 0.1) is 5.56 Å². The molecular weight excluding hydrogens is 252 g/mol. The van der Waals surface area contributed by atoms with Gasteiger partial charge >= 0.3 is 0 Å². The predicted molar refractivity (Wildman–Crippen MR) is 81.0 cm³/mol. The van der Waals surface area contributed by atoms with E-state index in [2.05, 4.69) is 36.1 Å². The second kappa shape index (κ2) is 6.22. The number of amides is 1. The summed E-state index contributed by atoms with van der Waals surface area (Å²) in [5.74, 6) is 0.886. The smallest absolute Gasteiger partial charge is 0.255 e. The molecule has 0 aliphatic carbocycles. The SMILES string of the molecule is CCNc1ccc(C(=O)N2CC(C)N(C)C(C)C2)cn1. The Morgan fingerprint density at radius 3 is 2.50 bits per heavy atom. The number of nitrogens with one attached hydrogen (secondary N) is 1. The van der Waals surface area contributed by atoms with Gasteiger partial charge in [0.1, 0.15) is 5.82 Å². The van der Waals surface area contributed by atoms with Crippen LogP contribution in [0.1, 0.15) is 31.1 Å². The van der Waals surface area contributed by atoms with Crippen molar-refractivity contribution in [2.45, 2.75) is 32.9 Å². The van der Waals surface area contributed by atoms with Crippen molar-refractivity contribution in [2.75, 3.05) is 32.0 Å². The topological polar surface area (TPSA) is 48.5 Å². The zero-order valence-corrected chi connectivity index (χ0v) is 12.8. The number of anilines is 1. The van der Waals surface area contributed by atoms with Crippen molar-refractivity contribution in [3.05, 3.63) is 23.9 Å². The molecule has 1 aromatic rings. The summed E-state index contributed by atoms with van der Waals surface area (Å²) >= 11 is 0. The Labute approximate surface area is 121 Å². The lowest BCUT2D eigenvalue weighted by Crippen LogP contribution is -2.56. The molecule has 0 spiro atoms. The number of hydrogen-bond donors (Lipinski definition) is 1. The van der Waals surface area contributed by atoms with E-state index in [4.69, 9.17) is 0 Å². The first-order chi connectivity index (χ1) is 9.52. The second-order valence-electron chi connectivity index (χ2n) is 5.54. The van der Waals surface area contributed by atoms with E-state index in [1.54, 1.807) is 6.20 Å². The Balaban J connectivity index is 2.07. The molecule has 0 aromatic carbocycles. The van der Waals surface area contributed by atoms with Gasteiger partial charge in [-0.05, 0) is 40.0 Å². The van der Waals surface area contributed by atoms with E-state index in [1.807, 2.05) is 24.0 Å². The highest BCUT2D eigenvalue weighted by Gasteiger charge is 2.29. The van der Waals surface area contributed by atoms with E-state index < -0.39 is 0 Å². The first-order valence-corrected chi connectivity index (χ1v) is 7.24. The van der Waals surface area contributed by atoms with Crippen molar-refractivity contribution < 1.29 is 4.79 Å². The van der Waals surface area contributed by atoms with E-state index in [9.17, 15) is 4.79 Å². The first-order valence-electron chi connectivity index (χ1n) is 7.24. The molecule has 2 rings (SSSR count). The largest absolute Gasteiger partial charge is 0.370 e. The number of carbonyl (C=O) groups excluding carboxylic acids is 1. The van der Waals surface area contributed by atoms with Gasteiger partial charge in [-0.1, -0.05) is 0 Å². The maximum Gasteiger partial charge on any atom is 0.255 e. The lowest BCUT2D eigenvalue weighted by atomic mass is 10.1. The number of likely N-dealkylation sites (N-methyl/N-ethyl adjacent to an activating group) is 1. The Kier molecular flexibility index (Phi) is 4.60. The van der Waals surface area contributed by atoms with Crippen LogP contribution in [0.25, 0.3) is 0 Å². The number of pyridine rings is 1. The number of nitrogens with zero attached hydrogens (tertiary/aromatic N) is 3. The molecule has 0 bridgehead atoms. The molecule has 2 atom stereocenters. The van der Waals surface area contributed by atoms with Crippen LogP contribution in [0.2, 0.25) is 0 Å². The number of piperazine rings is 1. The summed E-state index contributed by atoms with van der Waals surface area (Å²) in [6.07, 6.45) is 1.66. The third kappa shape index (κ3) is 3.10. The Morgan fingerprint density at radius 2 is 2.00 bits per heavy atom. The molecule has 1 fully saturated rings. The molecule has 1 amide bonds. The molecule has 2 heterocycles. The van der Waals surface area contributed by atoms with Gasteiger partial charge in [-0.25, -0.2) is 4.98 Å². The van der Waals surface area contributed by atoms with Gasteiger partial charge in [0, 0.05) is 37.9 Å². The van der Waals surface area contributed by atoms with E-state index in [1.165, 1.54) is 0 Å². The fourth-order valence-corrected chi connectivity index (χ4v) is 2.56. The molecule has 20 heavy (non-hydrogen) atoms. The van der Waals surface area contributed by atoms with Gasteiger partial charge in [-0.15, -0.1) is 0 Å². The van der Waals surface area contributed by atoms with E-state index in [0.717, 1.165) is 25.5 Å². The average molecular weight is 276 g/mol. The fraction of sp³-hybridized carbons (Fsp3) is 0.600. The Morgan fingerprint density at radius 1 is 1.35 bits per heavy atom. The maximum atomic E-state index is 12.5. The van der Waals surface area contributed by atoms with Crippen LogP contribution in [-0.4, -0.2) is 59.5 Å². The quantitative estimate of drug-likeness (QED) is 0.912. The molecule has 1 aliphatic rings. The fourth-order valence-electron chi connectivity index (χ4n) is 2.56. The van der Waals surface area contributed by atoms with E-state index in [-0.39, 0.29) is 5.91 Å². The summed E-state index contributed by atoms with van der Waals surface area (Å²) in [5, 5.41) is 3.13. The summed E-state index contributed by atoms with van der Waals surface area (Å²) < 4.78 is 0. The average Bonchev–Trinajstić information content (AvgIpc) is 2.44. The van der Waals surface area contributed by atoms with Crippen molar-refractivity contribution in [3.63, 3.8) is 0 Å². The van der Waals surface area contributed by atoms with Crippen LogP contribution in [0.15, 0.2) is 18.3 Å². The molecular formula is C15H24N4O. The van der Waals surface area contributed by atoms with Crippen LogP contribution in [0.3, 0.4) is 0 Å².